The second-order valence-electron chi connectivity index (χ2n) is 5.03. The van der Waals surface area contributed by atoms with E-state index < -0.39 is 5.25 Å². The predicted molar refractivity (Wildman–Crippen MR) is 85.3 cm³/mol. The van der Waals surface area contributed by atoms with Crippen LogP contribution in [-0.4, -0.2) is 67.8 Å². The van der Waals surface area contributed by atoms with Crippen LogP contribution in [0.4, 0.5) is 0 Å². The van der Waals surface area contributed by atoms with Gasteiger partial charge in [-0.2, -0.15) is 0 Å². The molecule has 0 aromatic heterocycles. The molecule has 114 valence electrons. The number of fused-ring (bicyclic) bond motifs is 1. The molecule has 1 atom stereocenters. The van der Waals surface area contributed by atoms with E-state index in [9.17, 15) is 4.79 Å². The molecule has 0 amide bonds. The van der Waals surface area contributed by atoms with E-state index in [1.54, 1.807) is 6.34 Å². The molecular formula is C14H20N4O2S. The number of rotatable bonds is 4. The van der Waals surface area contributed by atoms with E-state index >= 15 is 0 Å². The minimum atomic E-state index is -0.435. The fourth-order valence-corrected chi connectivity index (χ4v) is 3.23. The van der Waals surface area contributed by atoms with E-state index in [1.807, 2.05) is 61.5 Å². The van der Waals surface area contributed by atoms with Crippen LogP contribution in [0, 0.1) is 0 Å². The number of nitrogens with zero attached hydrogens (tertiary/aromatic N) is 4. The molecule has 1 unspecified atom stereocenters. The summed E-state index contributed by atoms with van der Waals surface area (Å²) in [5, 5.41) is 3.49. The first-order chi connectivity index (χ1) is 9.95. The van der Waals surface area contributed by atoms with Crippen LogP contribution in [0.1, 0.15) is 0 Å². The molecule has 21 heavy (non-hydrogen) atoms. The van der Waals surface area contributed by atoms with Gasteiger partial charge in [-0.05, 0) is 12.2 Å². The molecular weight excluding hydrogens is 288 g/mol. The number of ether oxygens (including phenoxy) is 1. The molecule has 0 spiro atoms. The minimum absolute atomic E-state index is 0.285. The van der Waals surface area contributed by atoms with Gasteiger partial charge in [-0.15, -0.1) is 11.8 Å². The third kappa shape index (κ3) is 3.14. The van der Waals surface area contributed by atoms with Crippen LogP contribution in [0.25, 0.3) is 0 Å². The quantitative estimate of drug-likeness (QED) is 0.443. The SMILES string of the molecule is COC(=O)C1SC2=CC=CN(N(C)C)C2=C1N=CN(C)C. The molecule has 2 heterocycles. The number of esters is 1. The monoisotopic (exact) mass is 308 g/mol. The van der Waals surface area contributed by atoms with Crippen molar-refractivity contribution < 1.29 is 9.53 Å². The highest BCUT2D eigenvalue weighted by Gasteiger charge is 2.39. The van der Waals surface area contributed by atoms with Crippen molar-refractivity contribution in [1.82, 2.24) is 14.9 Å². The van der Waals surface area contributed by atoms with Gasteiger partial charge >= 0.3 is 5.97 Å². The summed E-state index contributed by atoms with van der Waals surface area (Å²) in [5.41, 5.74) is 1.64. The Kier molecular flexibility index (Phi) is 4.74. The Balaban J connectivity index is 2.49. The maximum atomic E-state index is 12.0. The molecule has 0 saturated carbocycles. The summed E-state index contributed by atoms with van der Waals surface area (Å²) in [4.78, 5) is 19.4. The molecule has 0 aromatic rings. The standard InChI is InChI=1S/C14H20N4O2S/c1-16(2)9-15-11-12-10(21-13(11)14(19)20-5)7-6-8-18(12)17(3)4/h6-9,13H,1-5H3. The molecule has 0 bridgehead atoms. The van der Waals surface area contributed by atoms with Gasteiger partial charge < -0.3 is 9.64 Å². The Morgan fingerprint density at radius 1 is 1.43 bits per heavy atom. The van der Waals surface area contributed by atoms with Crippen molar-refractivity contribution in [2.45, 2.75) is 5.25 Å². The van der Waals surface area contributed by atoms with Crippen molar-refractivity contribution in [2.24, 2.45) is 4.99 Å². The van der Waals surface area contributed by atoms with Crippen molar-refractivity contribution >= 4 is 24.1 Å². The zero-order valence-corrected chi connectivity index (χ0v) is 13.7. The van der Waals surface area contributed by atoms with Gasteiger partial charge in [-0.1, -0.05) is 0 Å². The van der Waals surface area contributed by atoms with Crippen molar-refractivity contribution in [3.05, 3.63) is 34.7 Å². The van der Waals surface area contributed by atoms with E-state index in [2.05, 4.69) is 4.99 Å². The van der Waals surface area contributed by atoms with E-state index in [4.69, 9.17) is 4.74 Å². The highest BCUT2D eigenvalue weighted by Crippen LogP contribution is 2.46. The van der Waals surface area contributed by atoms with Crippen LogP contribution < -0.4 is 0 Å². The normalized spacial score (nSPS) is 21.1. The maximum Gasteiger partial charge on any atom is 0.325 e. The van der Waals surface area contributed by atoms with Gasteiger partial charge in [-0.3, -0.25) is 9.80 Å². The van der Waals surface area contributed by atoms with Crippen molar-refractivity contribution in [3.8, 4) is 0 Å². The summed E-state index contributed by atoms with van der Waals surface area (Å²) in [6.07, 6.45) is 7.60. The van der Waals surface area contributed by atoms with Crippen molar-refractivity contribution in [1.29, 1.82) is 0 Å². The molecule has 2 aliphatic rings. The summed E-state index contributed by atoms with van der Waals surface area (Å²) >= 11 is 1.47. The molecule has 0 aliphatic carbocycles. The Labute approximate surface area is 129 Å². The van der Waals surface area contributed by atoms with Crippen LogP contribution in [0.3, 0.4) is 0 Å². The summed E-state index contributed by atoms with van der Waals surface area (Å²) in [6.45, 7) is 0. The number of hydrazine groups is 1. The van der Waals surface area contributed by atoms with Gasteiger partial charge in [0.15, 0.2) is 5.25 Å². The van der Waals surface area contributed by atoms with Crippen LogP contribution in [0.2, 0.25) is 0 Å². The zero-order valence-electron chi connectivity index (χ0n) is 12.9. The summed E-state index contributed by atoms with van der Waals surface area (Å²) in [5.74, 6) is -0.285. The number of hydrogen-bond donors (Lipinski definition) is 0. The van der Waals surface area contributed by atoms with Crippen LogP contribution >= 0.6 is 11.8 Å². The van der Waals surface area contributed by atoms with E-state index in [0.717, 1.165) is 10.6 Å². The van der Waals surface area contributed by atoms with E-state index in [1.165, 1.54) is 18.9 Å². The van der Waals surface area contributed by atoms with Crippen molar-refractivity contribution in [2.75, 3.05) is 35.3 Å². The van der Waals surface area contributed by atoms with E-state index in [0.29, 0.717) is 5.70 Å². The summed E-state index contributed by atoms with van der Waals surface area (Å²) in [7, 11) is 9.09. The third-order valence-electron chi connectivity index (χ3n) is 2.95. The fraction of sp³-hybridized carbons (Fsp3) is 0.429. The average Bonchev–Trinajstić information content (AvgIpc) is 2.82. The molecule has 0 aromatic carbocycles. The molecule has 0 N–H and O–H groups in total. The largest absolute Gasteiger partial charge is 0.468 e. The zero-order chi connectivity index (χ0) is 15.6. The Hall–Kier alpha value is -1.73. The molecule has 0 radical (unpaired) electrons. The van der Waals surface area contributed by atoms with Gasteiger partial charge in [0, 0.05) is 39.3 Å². The first-order valence-electron chi connectivity index (χ1n) is 6.50. The molecule has 2 rings (SSSR count). The second-order valence-corrected chi connectivity index (χ2v) is 6.17. The van der Waals surface area contributed by atoms with Crippen LogP contribution in [0.5, 0.6) is 0 Å². The highest BCUT2D eigenvalue weighted by molar-refractivity contribution is 8.05. The van der Waals surface area contributed by atoms with Gasteiger partial charge in [0.2, 0.25) is 0 Å². The third-order valence-corrected chi connectivity index (χ3v) is 4.18. The van der Waals surface area contributed by atoms with Crippen LogP contribution in [0.15, 0.2) is 39.6 Å². The molecule has 6 nitrogen and oxygen atoms in total. The Morgan fingerprint density at radius 2 is 2.14 bits per heavy atom. The fourth-order valence-electron chi connectivity index (χ4n) is 2.03. The number of methoxy groups -OCH3 is 1. The van der Waals surface area contributed by atoms with Gasteiger partial charge in [-0.25, -0.2) is 10.0 Å². The number of carbonyl (C=O) groups is 1. The summed E-state index contributed by atoms with van der Waals surface area (Å²) in [6, 6.07) is 0. The number of carbonyl (C=O) groups excluding carboxylic acids is 1. The van der Waals surface area contributed by atoms with Gasteiger partial charge in [0.25, 0.3) is 0 Å². The lowest BCUT2D eigenvalue weighted by Crippen LogP contribution is -2.33. The van der Waals surface area contributed by atoms with E-state index in [-0.39, 0.29) is 5.97 Å². The Bertz CT molecular complexity index is 549. The predicted octanol–water partition coefficient (Wildman–Crippen LogP) is 1.27. The number of hydrogen-bond acceptors (Lipinski definition) is 6. The smallest absolute Gasteiger partial charge is 0.325 e. The second kappa shape index (κ2) is 6.36. The highest BCUT2D eigenvalue weighted by atomic mass is 32.2. The molecule has 0 fully saturated rings. The van der Waals surface area contributed by atoms with Gasteiger partial charge in [0.05, 0.1) is 24.8 Å². The lowest BCUT2D eigenvalue weighted by atomic mass is 10.2. The molecule has 2 aliphatic heterocycles. The lowest BCUT2D eigenvalue weighted by Gasteiger charge is -2.31. The number of thioether (sulfide) groups is 1. The topological polar surface area (TPSA) is 48.4 Å². The number of aliphatic imine (C=N–C) groups is 1. The van der Waals surface area contributed by atoms with Crippen molar-refractivity contribution in [3.63, 3.8) is 0 Å². The Morgan fingerprint density at radius 3 is 2.71 bits per heavy atom. The summed E-state index contributed by atoms with van der Waals surface area (Å²) < 4.78 is 4.91. The lowest BCUT2D eigenvalue weighted by molar-refractivity contribution is -0.139. The first-order valence-corrected chi connectivity index (χ1v) is 7.38. The molecule has 7 heteroatoms. The van der Waals surface area contributed by atoms with Crippen LogP contribution in [-0.2, 0) is 9.53 Å². The molecule has 0 saturated heterocycles. The first kappa shape index (κ1) is 15.7. The van der Waals surface area contributed by atoms with Gasteiger partial charge in [0.1, 0.15) is 0 Å². The number of allylic oxidation sites excluding steroid dienone is 2. The maximum absolute atomic E-state index is 12.0. The average molecular weight is 308 g/mol. The minimum Gasteiger partial charge on any atom is -0.468 e.